The second-order valence-corrected chi connectivity index (χ2v) is 4.03. The molecule has 0 saturated heterocycles. The van der Waals surface area contributed by atoms with E-state index in [1.165, 1.54) is 11.1 Å². The molecule has 1 aromatic rings. The molecule has 0 aliphatic heterocycles. The molecule has 0 aliphatic carbocycles. The maximum absolute atomic E-state index is 3.77. The molecule has 1 aromatic carbocycles. The van der Waals surface area contributed by atoms with Crippen molar-refractivity contribution < 1.29 is 0 Å². The first kappa shape index (κ1) is 8.65. The van der Waals surface area contributed by atoms with Crippen LogP contribution in [0.3, 0.4) is 0 Å². The Bertz CT molecular complexity index is 274. The number of alkyl halides is 1. The van der Waals surface area contributed by atoms with Crippen LogP contribution in [0.1, 0.15) is 11.1 Å². The third-order valence-electron chi connectivity index (χ3n) is 1.44. The average Bonchev–Trinajstić information content (AvgIpc) is 2.06. The van der Waals surface area contributed by atoms with Crippen LogP contribution in [0.5, 0.6) is 0 Å². The van der Waals surface area contributed by atoms with Crippen LogP contribution in [0.2, 0.25) is 0 Å². The summed E-state index contributed by atoms with van der Waals surface area (Å²) in [7, 11) is 0. The van der Waals surface area contributed by atoms with E-state index < -0.39 is 0 Å². The summed E-state index contributed by atoms with van der Waals surface area (Å²) in [5.74, 6) is 0. The van der Waals surface area contributed by atoms with Crippen LogP contribution in [0, 0.1) is 0 Å². The number of hydrogen-bond acceptors (Lipinski definition) is 0. The van der Waals surface area contributed by atoms with Gasteiger partial charge < -0.3 is 0 Å². The number of halogens is 1. The Hall–Kier alpha value is -0.440. The highest BCUT2D eigenvalue weighted by atomic mass is 127. The van der Waals surface area contributed by atoms with E-state index in [9.17, 15) is 0 Å². The Morgan fingerprint density at radius 1 is 1.27 bits per heavy atom. The summed E-state index contributed by atoms with van der Waals surface area (Å²) in [6, 6.07) is 8.35. The Kier molecular flexibility index (Phi) is 3.49. The van der Waals surface area contributed by atoms with Crippen molar-refractivity contribution in [2.45, 2.75) is 0 Å². The molecule has 0 spiro atoms. The lowest BCUT2D eigenvalue weighted by Gasteiger charge is -1.97. The standard InChI is InChI=1S/C10H11I/c1-3-9-6-4-5-7-10(9)8-11-2/h3-8H,1H2,2H3. The van der Waals surface area contributed by atoms with Crippen molar-refractivity contribution in [3.63, 3.8) is 0 Å². The van der Waals surface area contributed by atoms with Crippen LogP contribution in [-0.2, 0) is 0 Å². The predicted octanol–water partition coefficient (Wildman–Crippen LogP) is 3.08. The van der Waals surface area contributed by atoms with Gasteiger partial charge >= 0.3 is 0 Å². The Balaban J connectivity index is 3.11. The molecule has 0 radical (unpaired) electrons. The molecule has 0 unspecified atom stereocenters. The minimum absolute atomic E-state index is 0.233. The first-order valence-electron chi connectivity index (χ1n) is 3.41. The molecular formula is C10H11I. The Morgan fingerprint density at radius 3 is 2.45 bits per heavy atom. The van der Waals surface area contributed by atoms with Crippen LogP contribution in [-0.4, -0.2) is 8.94 Å². The van der Waals surface area contributed by atoms with Gasteiger partial charge in [0, 0.05) is 0 Å². The van der Waals surface area contributed by atoms with Gasteiger partial charge in [0.1, 0.15) is 0 Å². The zero-order valence-electron chi connectivity index (χ0n) is 6.55. The van der Waals surface area contributed by atoms with E-state index in [1.807, 2.05) is 12.1 Å². The number of rotatable bonds is 2. The van der Waals surface area contributed by atoms with Gasteiger partial charge in [-0.2, -0.15) is 0 Å². The van der Waals surface area contributed by atoms with Gasteiger partial charge in [0.25, 0.3) is 0 Å². The molecule has 0 bridgehead atoms. The fourth-order valence-corrected chi connectivity index (χ4v) is 2.15. The lowest BCUT2D eigenvalue weighted by Crippen LogP contribution is -1.82. The highest BCUT2D eigenvalue weighted by Crippen LogP contribution is 2.08. The highest BCUT2D eigenvalue weighted by Gasteiger charge is 1.90. The van der Waals surface area contributed by atoms with E-state index in [0.717, 1.165) is 0 Å². The van der Waals surface area contributed by atoms with Crippen molar-refractivity contribution >= 4 is 30.8 Å². The minimum atomic E-state index is 0.233. The summed E-state index contributed by atoms with van der Waals surface area (Å²) in [6.45, 7) is 3.77. The molecule has 0 atom stereocenters. The molecule has 1 heteroatoms. The van der Waals surface area contributed by atoms with Gasteiger partial charge in [0.2, 0.25) is 0 Å². The molecule has 0 heterocycles. The van der Waals surface area contributed by atoms with Crippen molar-refractivity contribution in [1.29, 1.82) is 0 Å². The van der Waals surface area contributed by atoms with Gasteiger partial charge in [0.15, 0.2) is 0 Å². The van der Waals surface area contributed by atoms with Gasteiger partial charge in [0.05, 0.1) is 0 Å². The quantitative estimate of drug-likeness (QED) is 0.565. The van der Waals surface area contributed by atoms with Crippen LogP contribution in [0.25, 0.3) is 6.08 Å². The molecule has 0 aliphatic rings. The first-order chi connectivity index (χ1) is 5.38. The Morgan fingerprint density at radius 2 is 1.91 bits per heavy atom. The third-order valence-corrected chi connectivity index (χ3v) is 2.74. The van der Waals surface area contributed by atoms with Crippen molar-refractivity contribution in [3.05, 3.63) is 42.0 Å². The van der Waals surface area contributed by atoms with Gasteiger partial charge in [-0.25, -0.2) is 0 Å². The second-order valence-electron chi connectivity index (χ2n) is 2.16. The molecule has 0 N–H and O–H groups in total. The smallest absolute Gasteiger partial charge is 0.0130 e. The van der Waals surface area contributed by atoms with Gasteiger partial charge in [-0.05, 0) is 20.1 Å². The first-order valence-corrected chi connectivity index (χ1v) is 6.81. The topological polar surface area (TPSA) is 0 Å². The zero-order valence-corrected chi connectivity index (χ0v) is 8.71. The molecule has 0 nitrogen and oxygen atoms in total. The van der Waals surface area contributed by atoms with E-state index >= 15 is 0 Å². The van der Waals surface area contributed by atoms with Crippen LogP contribution in [0.4, 0.5) is 0 Å². The van der Waals surface area contributed by atoms with E-state index in [4.69, 9.17) is 0 Å². The number of benzene rings is 1. The van der Waals surface area contributed by atoms with Gasteiger partial charge in [-0.15, -0.1) is 20.7 Å². The highest BCUT2D eigenvalue weighted by molar-refractivity contribution is 14.2. The van der Waals surface area contributed by atoms with Crippen LogP contribution >= 0.6 is 20.7 Å². The van der Waals surface area contributed by atoms with Gasteiger partial charge in [-0.1, -0.05) is 36.9 Å². The summed E-state index contributed by atoms with van der Waals surface area (Å²) < 4.78 is 2.32. The predicted molar refractivity (Wildman–Crippen MR) is 61.6 cm³/mol. The Labute approximate surface area is 77.7 Å². The molecule has 1 rings (SSSR count). The number of hydrogen-bond donors (Lipinski definition) is 0. The van der Waals surface area contributed by atoms with Crippen LogP contribution in [0.15, 0.2) is 30.8 Å². The molecule has 0 aromatic heterocycles. The molecular weight excluding hydrogens is 247 g/mol. The van der Waals surface area contributed by atoms with E-state index in [0.29, 0.717) is 0 Å². The van der Waals surface area contributed by atoms with Crippen molar-refractivity contribution in [1.82, 2.24) is 0 Å². The average molecular weight is 258 g/mol. The minimum Gasteiger partial charge on any atom is -0.126 e. The third kappa shape index (κ3) is 2.26. The van der Waals surface area contributed by atoms with E-state index in [1.54, 1.807) is 0 Å². The summed E-state index contributed by atoms with van der Waals surface area (Å²) in [5, 5.41) is 0. The lowest BCUT2D eigenvalue weighted by atomic mass is 10.1. The second kappa shape index (κ2) is 4.44. The largest absolute Gasteiger partial charge is 0.126 e. The maximum atomic E-state index is 3.77. The molecule has 0 saturated carbocycles. The van der Waals surface area contributed by atoms with Crippen LogP contribution < -0.4 is 0 Å². The van der Waals surface area contributed by atoms with Crippen molar-refractivity contribution in [2.24, 2.45) is 0 Å². The van der Waals surface area contributed by atoms with Crippen molar-refractivity contribution in [3.8, 4) is 0 Å². The summed E-state index contributed by atoms with van der Waals surface area (Å²) >= 11 is 0.233. The monoisotopic (exact) mass is 258 g/mol. The lowest BCUT2D eigenvalue weighted by molar-refractivity contribution is 1.64. The zero-order chi connectivity index (χ0) is 8.10. The summed E-state index contributed by atoms with van der Waals surface area (Å²) in [4.78, 5) is 2.25. The molecule has 0 amide bonds. The van der Waals surface area contributed by atoms with Crippen molar-refractivity contribution in [2.75, 3.05) is 4.93 Å². The fourth-order valence-electron chi connectivity index (χ4n) is 0.914. The summed E-state index contributed by atoms with van der Waals surface area (Å²) in [6.07, 6.45) is 1.91. The van der Waals surface area contributed by atoms with E-state index in [-0.39, 0.29) is 20.7 Å². The van der Waals surface area contributed by atoms with E-state index in [2.05, 4.69) is 33.7 Å². The molecule has 58 valence electrons. The molecule has 11 heavy (non-hydrogen) atoms. The SMILES string of the molecule is C=Cc1ccccc1C=IC. The molecule has 0 fully saturated rings. The fraction of sp³-hybridized carbons (Fsp3) is 0.100. The van der Waals surface area contributed by atoms with Gasteiger partial charge in [-0.3, -0.25) is 0 Å². The normalized spacial score (nSPS) is 11.0. The summed E-state index contributed by atoms with van der Waals surface area (Å²) in [5.41, 5.74) is 2.58. The maximum Gasteiger partial charge on any atom is -0.0130 e.